The second kappa shape index (κ2) is 6.95. The molecular weight excluding hydrogens is 388 g/mol. The second-order valence-corrected chi connectivity index (χ2v) is 7.30. The normalized spacial score (nSPS) is 11.6. The van der Waals surface area contributed by atoms with Crippen molar-refractivity contribution in [1.29, 1.82) is 0 Å². The van der Waals surface area contributed by atoms with E-state index >= 15 is 0 Å². The third-order valence-corrected chi connectivity index (χ3v) is 5.18. The molecule has 0 aliphatic carbocycles. The van der Waals surface area contributed by atoms with Gasteiger partial charge in [-0.15, -0.1) is 0 Å². The molecule has 10 heteroatoms. The third-order valence-electron chi connectivity index (χ3n) is 3.67. The van der Waals surface area contributed by atoms with Gasteiger partial charge in [0.2, 0.25) is 15.0 Å². The molecule has 0 saturated carbocycles. The highest BCUT2D eigenvalue weighted by Crippen LogP contribution is 2.24. The SMILES string of the molecule is O=[C]c1cnc(S(=O)(=O)Cc2c(F)ccc(F)c2F)n1-c1ccc(F)cc1. The summed E-state index contributed by atoms with van der Waals surface area (Å²) in [4.78, 5) is 14.7. The molecule has 0 unspecified atom stereocenters. The fourth-order valence-corrected chi connectivity index (χ4v) is 3.89. The number of sulfone groups is 1. The monoisotopic (exact) mass is 397 g/mol. The van der Waals surface area contributed by atoms with Gasteiger partial charge in [0.15, 0.2) is 11.6 Å². The summed E-state index contributed by atoms with van der Waals surface area (Å²) < 4.78 is 80.3. The van der Waals surface area contributed by atoms with Crippen LogP contribution in [0.15, 0.2) is 47.8 Å². The van der Waals surface area contributed by atoms with E-state index in [2.05, 4.69) is 4.98 Å². The van der Waals surface area contributed by atoms with E-state index in [4.69, 9.17) is 0 Å². The van der Waals surface area contributed by atoms with Gasteiger partial charge in [-0.2, -0.15) is 0 Å². The summed E-state index contributed by atoms with van der Waals surface area (Å²) >= 11 is 0. The lowest BCUT2D eigenvalue weighted by Gasteiger charge is -2.11. The number of aromatic nitrogens is 2. The van der Waals surface area contributed by atoms with Gasteiger partial charge in [0.05, 0.1) is 11.9 Å². The first kappa shape index (κ1) is 18.8. The van der Waals surface area contributed by atoms with E-state index in [1.807, 2.05) is 0 Å². The van der Waals surface area contributed by atoms with E-state index < -0.39 is 49.6 Å². The highest BCUT2D eigenvalue weighted by atomic mass is 32.2. The molecule has 3 rings (SSSR count). The van der Waals surface area contributed by atoms with Gasteiger partial charge in [0, 0.05) is 11.3 Å². The highest BCUT2D eigenvalue weighted by molar-refractivity contribution is 7.90. The molecule has 139 valence electrons. The molecule has 0 atom stereocenters. The maximum absolute atomic E-state index is 13.8. The van der Waals surface area contributed by atoms with Gasteiger partial charge in [-0.05, 0) is 36.4 Å². The van der Waals surface area contributed by atoms with Crippen LogP contribution in [-0.2, 0) is 20.4 Å². The van der Waals surface area contributed by atoms with Crippen LogP contribution in [-0.4, -0.2) is 24.3 Å². The van der Waals surface area contributed by atoms with Crippen molar-refractivity contribution in [3.63, 3.8) is 0 Å². The first-order valence-corrected chi connectivity index (χ1v) is 8.97. The molecule has 1 heterocycles. The van der Waals surface area contributed by atoms with Gasteiger partial charge < -0.3 is 0 Å². The van der Waals surface area contributed by atoms with Crippen LogP contribution in [0.4, 0.5) is 17.6 Å². The Morgan fingerprint density at radius 1 is 0.963 bits per heavy atom. The molecule has 5 nitrogen and oxygen atoms in total. The molecule has 2 aromatic carbocycles. The molecule has 0 bridgehead atoms. The first-order valence-electron chi connectivity index (χ1n) is 7.31. The summed E-state index contributed by atoms with van der Waals surface area (Å²) in [6.45, 7) is 0. The third kappa shape index (κ3) is 3.47. The van der Waals surface area contributed by atoms with Crippen molar-refractivity contribution in [3.05, 3.63) is 77.1 Å². The van der Waals surface area contributed by atoms with Crippen LogP contribution in [0.1, 0.15) is 11.3 Å². The summed E-state index contributed by atoms with van der Waals surface area (Å²) in [5.41, 5.74) is -1.24. The van der Waals surface area contributed by atoms with Crippen LogP contribution in [0, 0.1) is 23.3 Å². The van der Waals surface area contributed by atoms with Crippen molar-refractivity contribution in [2.75, 3.05) is 0 Å². The van der Waals surface area contributed by atoms with Gasteiger partial charge in [-0.25, -0.2) is 31.0 Å². The zero-order valence-corrected chi connectivity index (χ0v) is 14.1. The van der Waals surface area contributed by atoms with Crippen LogP contribution in [0.5, 0.6) is 0 Å². The van der Waals surface area contributed by atoms with Crippen molar-refractivity contribution in [1.82, 2.24) is 9.55 Å². The van der Waals surface area contributed by atoms with E-state index in [0.29, 0.717) is 12.1 Å². The standard InChI is InChI=1S/C17H9F4N2O3S/c18-10-1-3-11(4-2-10)23-12(8-24)7-22-17(23)27(25,26)9-13-14(19)5-6-15(20)16(13)21/h1-7H,9H2. The van der Waals surface area contributed by atoms with Crippen molar-refractivity contribution in [2.45, 2.75) is 10.9 Å². The molecule has 0 amide bonds. The Labute approximate surface area is 150 Å². The number of rotatable bonds is 5. The summed E-state index contributed by atoms with van der Waals surface area (Å²) in [6.07, 6.45) is 2.37. The summed E-state index contributed by atoms with van der Waals surface area (Å²) in [6, 6.07) is 5.53. The molecule has 0 saturated heterocycles. The highest BCUT2D eigenvalue weighted by Gasteiger charge is 2.28. The molecule has 1 radical (unpaired) electrons. The minimum Gasteiger partial charge on any atom is -0.283 e. The minimum atomic E-state index is -4.52. The number of hydrogen-bond acceptors (Lipinski definition) is 4. The van der Waals surface area contributed by atoms with Crippen molar-refractivity contribution < 1.29 is 30.8 Å². The largest absolute Gasteiger partial charge is 0.283 e. The average Bonchev–Trinajstić information content (AvgIpc) is 3.08. The molecule has 0 fully saturated rings. The predicted molar refractivity (Wildman–Crippen MR) is 85.5 cm³/mol. The van der Waals surface area contributed by atoms with Crippen LogP contribution in [0.25, 0.3) is 5.69 Å². The smallest absolute Gasteiger partial charge is 0.253 e. The lowest BCUT2D eigenvalue weighted by Crippen LogP contribution is -2.15. The Morgan fingerprint density at radius 2 is 1.59 bits per heavy atom. The number of carbonyl (C=O) groups excluding carboxylic acids is 1. The maximum Gasteiger partial charge on any atom is 0.253 e. The lowest BCUT2D eigenvalue weighted by atomic mass is 10.2. The van der Waals surface area contributed by atoms with E-state index in [1.165, 1.54) is 18.4 Å². The Hall–Kier alpha value is -3.01. The van der Waals surface area contributed by atoms with Crippen molar-refractivity contribution in [3.8, 4) is 5.69 Å². The van der Waals surface area contributed by atoms with Gasteiger partial charge in [-0.1, -0.05) is 0 Å². The van der Waals surface area contributed by atoms with Crippen LogP contribution >= 0.6 is 0 Å². The van der Waals surface area contributed by atoms with Gasteiger partial charge in [0.25, 0.3) is 6.29 Å². The van der Waals surface area contributed by atoms with E-state index in [-0.39, 0.29) is 11.4 Å². The number of imidazole rings is 1. The Morgan fingerprint density at radius 3 is 2.22 bits per heavy atom. The van der Waals surface area contributed by atoms with Crippen molar-refractivity contribution in [2.24, 2.45) is 0 Å². The second-order valence-electron chi connectivity index (χ2n) is 5.42. The number of halogens is 4. The van der Waals surface area contributed by atoms with Crippen LogP contribution in [0.3, 0.4) is 0 Å². The number of benzene rings is 2. The quantitative estimate of drug-likeness (QED) is 0.491. The summed E-state index contributed by atoms with van der Waals surface area (Å²) in [5.74, 6) is -6.15. The zero-order chi connectivity index (χ0) is 19.8. The minimum absolute atomic E-state index is 0.0611. The topological polar surface area (TPSA) is 69.0 Å². The lowest BCUT2D eigenvalue weighted by molar-refractivity contribution is 0.482. The van der Waals surface area contributed by atoms with E-state index in [0.717, 1.165) is 22.9 Å². The maximum atomic E-state index is 13.8. The Kier molecular flexibility index (Phi) is 4.83. The fourth-order valence-electron chi connectivity index (χ4n) is 2.42. The van der Waals surface area contributed by atoms with Gasteiger partial charge in [0.1, 0.15) is 17.3 Å². The number of hydrogen-bond donors (Lipinski definition) is 0. The van der Waals surface area contributed by atoms with Crippen LogP contribution < -0.4 is 0 Å². The predicted octanol–water partition coefficient (Wildman–Crippen LogP) is 2.86. The molecule has 0 aliphatic heterocycles. The zero-order valence-electron chi connectivity index (χ0n) is 13.3. The molecule has 0 spiro atoms. The number of nitrogens with zero attached hydrogens (tertiary/aromatic N) is 2. The van der Waals surface area contributed by atoms with E-state index in [1.54, 1.807) is 0 Å². The van der Waals surface area contributed by atoms with Gasteiger partial charge >= 0.3 is 0 Å². The molecule has 0 aliphatic rings. The first-order chi connectivity index (χ1) is 12.7. The fraction of sp³-hybridized carbons (Fsp3) is 0.0588. The molecule has 0 N–H and O–H groups in total. The summed E-state index contributed by atoms with van der Waals surface area (Å²) in [7, 11) is -4.52. The van der Waals surface area contributed by atoms with Gasteiger partial charge in [-0.3, -0.25) is 9.36 Å². The molecule has 1 aromatic heterocycles. The van der Waals surface area contributed by atoms with Crippen molar-refractivity contribution >= 4 is 16.1 Å². The molecule has 3 aromatic rings. The van der Waals surface area contributed by atoms with E-state index in [9.17, 15) is 30.8 Å². The van der Waals surface area contributed by atoms with Crippen LogP contribution in [0.2, 0.25) is 0 Å². The average molecular weight is 397 g/mol. The Bertz CT molecular complexity index is 1130. The molecular formula is C17H9F4N2O3S. The molecule has 27 heavy (non-hydrogen) atoms. The Balaban J connectivity index is 2.14. The summed E-state index contributed by atoms with van der Waals surface area (Å²) in [5, 5.41) is -0.726.